The fourth-order valence-corrected chi connectivity index (χ4v) is 4.52. The Balaban J connectivity index is 1.53. The second-order valence-corrected chi connectivity index (χ2v) is 9.90. The largest absolute Gasteiger partial charge is 0.469 e. The van der Waals surface area contributed by atoms with Crippen LogP contribution in [-0.2, 0) is 23.9 Å². The lowest BCUT2D eigenvalue weighted by Gasteiger charge is -2.31. The second kappa shape index (κ2) is 15.0. The number of ether oxygens (including phenoxy) is 2. The van der Waals surface area contributed by atoms with Crippen LogP contribution in [0, 0.1) is 0 Å². The fraction of sp³-hybridized carbons (Fsp3) is 0.690. The van der Waals surface area contributed by atoms with Crippen molar-refractivity contribution >= 4 is 17.5 Å². The van der Waals surface area contributed by atoms with Gasteiger partial charge in [-0.2, -0.15) is 0 Å². The Morgan fingerprint density at radius 3 is 1.85 bits per heavy atom. The van der Waals surface area contributed by atoms with Gasteiger partial charge in [-0.15, -0.1) is 0 Å². The summed E-state index contributed by atoms with van der Waals surface area (Å²) in [4.78, 5) is 37.7. The molecule has 0 amide bonds. The van der Waals surface area contributed by atoms with Crippen LogP contribution in [0.3, 0.4) is 0 Å². The van der Waals surface area contributed by atoms with Crippen LogP contribution in [0.5, 0.6) is 0 Å². The van der Waals surface area contributed by atoms with Crippen LogP contribution in [0.4, 0.5) is 0 Å². The quantitative estimate of drug-likeness (QED) is 0.125. The molecule has 0 saturated heterocycles. The normalized spacial score (nSPS) is 19.7. The van der Waals surface area contributed by atoms with Crippen molar-refractivity contribution in [3.63, 3.8) is 0 Å². The molecule has 0 saturated carbocycles. The van der Waals surface area contributed by atoms with E-state index < -0.39 is 23.1 Å². The lowest BCUT2D eigenvalue weighted by atomic mass is 9.80. The number of hydrogen-bond acceptors (Lipinski definition) is 5. The first-order valence-electron chi connectivity index (χ1n) is 13.5. The van der Waals surface area contributed by atoms with Crippen LogP contribution in [0.25, 0.3) is 0 Å². The first-order chi connectivity index (χ1) is 16.4. The van der Waals surface area contributed by atoms with Crippen molar-refractivity contribution < 1.29 is 23.9 Å². The molecule has 2 aliphatic rings. The van der Waals surface area contributed by atoms with Gasteiger partial charge in [0.15, 0.2) is 0 Å². The molecule has 34 heavy (non-hydrogen) atoms. The standard InChI is InChI=1S/C29H44O5/c1-4-5-6-7-8-9-10-11-12-13-14-15-16-17-18-19-27(31)34-29(3)26(30)21-24-20-23(2)33-22-25(24)28(29)32/h20-22H,4-19H2,1-3H3/t29-/m1/s1. The van der Waals surface area contributed by atoms with E-state index in [9.17, 15) is 14.4 Å². The van der Waals surface area contributed by atoms with E-state index in [-0.39, 0.29) is 12.0 Å². The third kappa shape index (κ3) is 8.88. The van der Waals surface area contributed by atoms with E-state index in [1.165, 1.54) is 96.3 Å². The monoisotopic (exact) mass is 472 g/mol. The molecule has 5 heteroatoms. The average molecular weight is 473 g/mol. The molecule has 1 aliphatic carbocycles. The molecular formula is C29H44O5. The molecule has 0 aromatic heterocycles. The maximum absolute atomic E-state index is 12.8. The summed E-state index contributed by atoms with van der Waals surface area (Å²) in [6.45, 7) is 5.38. The minimum atomic E-state index is -1.80. The fourth-order valence-electron chi connectivity index (χ4n) is 4.52. The number of carbonyl (C=O) groups excluding carboxylic acids is 3. The van der Waals surface area contributed by atoms with E-state index in [1.54, 1.807) is 13.0 Å². The Labute approximate surface area is 206 Å². The lowest BCUT2D eigenvalue weighted by molar-refractivity contribution is -0.169. The van der Waals surface area contributed by atoms with E-state index >= 15 is 0 Å². The van der Waals surface area contributed by atoms with Crippen molar-refractivity contribution in [1.82, 2.24) is 0 Å². The number of hydrogen-bond donors (Lipinski definition) is 0. The maximum Gasteiger partial charge on any atom is 0.307 e. The van der Waals surface area contributed by atoms with Gasteiger partial charge >= 0.3 is 5.97 Å². The predicted molar refractivity (Wildman–Crippen MR) is 135 cm³/mol. The van der Waals surface area contributed by atoms with Crippen molar-refractivity contribution in [2.45, 2.75) is 129 Å². The molecule has 5 nitrogen and oxygen atoms in total. The highest BCUT2D eigenvalue weighted by molar-refractivity contribution is 6.26. The summed E-state index contributed by atoms with van der Waals surface area (Å²) in [5.74, 6) is -0.923. The molecule has 0 radical (unpaired) electrons. The summed E-state index contributed by atoms with van der Waals surface area (Å²) in [5, 5.41) is 0. The van der Waals surface area contributed by atoms with Gasteiger partial charge in [0.2, 0.25) is 17.2 Å². The SMILES string of the molecule is CCCCCCCCCCCCCCCCCC(=O)O[C@]1(C)C(=O)C=C2C=C(C)OC=C2C1=O. The predicted octanol–water partition coefficient (Wildman–Crippen LogP) is 7.45. The molecule has 0 unspecified atom stereocenters. The second-order valence-electron chi connectivity index (χ2n) is 9.90. The molecule has 0 spiro atoms. The van der Waals surface area contributed by atoms with Crippen molar-refractivity contribution in [2.24, 2.45) is 0 Å². The van der Waals surface area contributed by atoms with Crippen LogP contribution in [-0.4, -0.2) is 23.1 Å². The summed E-state index contributed by atoms with van der Waals surface area (Å²) in [6, 6.07) is 0. The summed E-state index contributed by atoms with van der Waals surface area (Å²) >= 11 is 0. The number of unbranched alkanes of at least 4 members (excludes halogenated alkanes) is 14. The third-order valence-corrected chi connectivity index (χ3v) is 6.77. The summed E-state index contributed by atoms with van der Waals surface area (Å²) in [7, 11) is 0. The van der Waals surface area contributed by atoms with E-state index in [0.717, 1.165) is 12.8 Å². The van der Waals surface area contributed by atoms with Gasteiger partial charge in [0, 0.05) is 6.42 Å². The first kappa shape index (κ1) is 28.1. The van der Waals surface area contributed by atoms with Crippen LogP contribution >= 0.6 is 0 Å². The maximum atomic E-state index is 12.8. The number of esters is 1. The van der Waals surface area contributed by atoms with Gasteiger partial charge in [-0.1, -0.05) is 96.8 Å². The molecular weight excluding hydrogens is 428 g/mol. The highest BCUT2D eigenvalue weighted by Crippen LogP contribution is 2.33. The number of fused-ring (bicyclic) bond motifs is 1. The van der Waals surface area contributed by atoms with E-state index in [1.807, 2.05) is 0 Å². The molecule has 0 aromatic carbocycles. The summed E-state index contributed by atoms with van der Waals surface area (Å²) < 4.78 is 10.7. The van der Waals surface area contributed by atoms with Gasteiger partial charge in [-0.3, -0.25) is 14.4 Å². The van der Waals surface area contributed by atoms with Crippen molar-refractivity contribution in [1.29, 1.82) is 0 Å². The van der Waals surface area contributed by atoms with Gasteiger partial charge in [-0.05, 0) is 38.0 Å². The molecule has 1 aliphatic heterocycles. The van der Waals surface area contributed by atoms with Crippen molar-refractivity contribution in [3.8, 4) is 0 Å². The Kier molecular flexibility index (Phi) is 12.3. The molecule has 2 rings (SSSR count). The van der Waals surface area contributed by atoms with Crippen LogP contribution in [0.2, 0.25) is 0 Å². The van der Waals surface area contributed by atoms with Gasteiger partial charge in [0.25, 0.3) is 0 Å². The zero-order valence-corrected chi connectivity index (χ0v) is 21.6. The average Bonchev–Trinajstić information content (AvgIpc) is 2.80. The Bertz CT molecular complexity index is 788. The minimum Gasteiger partial charge on any atom is -0.469 e. The van der Waals surface area contributed by atoms with Gasteiger partial charge in [0.05, 0.1) is 5.57 Å². The van der Waals surface area contributed by atoms with Gasteiger partial charge in [-0.25, -0.2) is 0 Å². The number of ketones is 2. The van der Waals surface area contributed by atoms with Crippen molar-refractivity contribution in [2.75, 3.05) is 0 Å². The molecule has 0 bridgehead atoms. The van der Waals surface area contributed by atoms with Crippen molar-refractivity contribution in [3.05, 3.63) is 35.3 Å². The molecule has 1 heterocycles. The highest BCUT2D eigenvalue weighted by Gasteiger charge is 2.49. The van der Waals surface area contributed by atoms with Gasteiger partial charge < -0.3 is 9.47 Å². The number of allylic oxidation sites excluding steroid dienone is 3. The molecule has 190 valence electrons. The molecule has 1 atom stereocenters. The van der Waals surface area contributed by atoms with E-state index in [0.29, 0.717) is 17.8 Å². The first-order valence-corrected chi connectivity index (χ1v) is 13.5. The van der Waals surface area contributed by atoms with Crippen LogP contribution in [0.15, 0.2) is 35.3 Å². The van der Waals surface area contributed by atoms with E-state index in [2.05, 4.69) is 6.92 Å². The topological polar surface area (TPSA) is 69.7 Å². The third-order valence-electron chi connectivity index (χ3n) is 6.77. The number of Topliss-reactive ketones (excluding diaryl/α,β-unsaturated/α-hetero) is 1. The van der Waals surface area contributed by atoms with Crippen LogP contribution in [0.1, 0.15) is 124 Å². The molecule has 0 fully saturated rings. The lowest BCUT2D eigenvalue weighted by Crippen LogP contribution is -2.50. The Morgan fingerprint density at radius 2 is 1.32 bits per heavy atom. The smallest absolute Gasteiger partial charge is 0.307 e. The molecule has 0 N–H and O–H groups in total. The highest BCUT2D eigenvalue weighted by atomic mass is 16.6. The number of carbonyl (C=O) groups is 3. The van der Waals surface area contributed by atoms with E-state index in [4.69, 9.17) is 9.47 Å². The van der Waals surface area contributed by atoms with Gasteiger partial charge in [0.1, 0.15) is 12.0 Å². The van der Waals surface area contributed by atoms with Crippen LogP contribution < -0.4 is 0 Å². The minimum absolute atomic E-state index is 0.222. The summed E-state index contributed by atoms with van der Waals surface area (Å²) in [6.07, 6.45) is 23.4. The Morgan fingerprint density at radius 1 is 0.824 bits per heavy atom. The Hall–Kier alpha value is -2.17. The summed E-state index contributed by atoms with van der Waals surface area (Å²) in [5.41, 5.74) is -1.02. The number of rotatable bonds is 17. The zero-order valence-electron chi connectivity index (χ0n) is 21.6. The zero-order chi connectivity index (χ0) is 24.8. The molecule has 0 aromatic rings.